The van der Waals surface area contributed by atoms with Crippen molar-refractivity contribution in [2.75, 3.05) is 0 Å². The minimum atomic E-state index is 1.36. The Bertz CT molecular complexity index is 1060. The maximum atomic E-state index is 2.27. The molecule has 2 aliphatic carbocycles. The van der Waals surface area contributed by atoms with Gasteiger partial charge in [-0.05, 0) is 42.1 Å². The molecule has 0 heterocycles. The molecule has 0 nitrogen and oxygen atoms in total. The summed E-state index contributed by atoms with van der Waals surface area (Å²) in [5, 5.41) is 11.1. The van der Waals surface area contributed by atoms with Crippen molar-refractivity contribution in [3.63, 3.8) is 0 Å². The van der Waals surface area contributed by atoms with Gasteiger partial charge in [-0.1, -0.05) is 60.7 Å². The van der Waals surface area contributed by atoms with Crippen molar-refractivity contribution in [2.24, 2.45) is 0 Å². The highest BCUT2D eigenvalue weighted by molar-refractivity contribution is 5.93. The molecule has 0 atom stereocenters. The van der Waals surface area contributed by atoms with Crippen LogP contribution in [0.4, 0.5) is 0 Å². The summed E-state index contributed by atoms with van der Waals surface area (Å²) in [4.78, 5) is 0. The summed E-state index contributed by atoms with van der Waals surface area (Å²) in [5.74, 6) is 0. The Morgan fingerprint density at radius 1 is 0.444 bits per heavy atom. The average molecular weight is 226 g/mol. The topological polar surface area (TPSA) is 0 Å². The van der Waals surface area contributed by atoms with Crippen LogP contribution >= 0.6 is 0 Å². The Morgan fingerprint density at radius 3 is 1.56 bits per heavy atom. The molecule has 2 aliphatic rings. The molecule has 0 fully saturated rings. The third kappa shape index (κ3) is 0.820. The van der Waals surface area contributed by atoms with E-state index in [2.05, 4.69) is 60.7 Å². The molecule has 3 aromatic rings. The molecule has 0 saturated carbocycles. The molecular formula is C18H10. The van der Waals surface area contributed by atoms with Crippen LogP contribution in [0.15, 0.2) is 48.5 Å². The van der Waals surface area contributed by atoms with Crippen LogP contribution in [0.2, 0.25) is 0 Å². The molecule has 0 spiro atoms. The zero-order valence-electron chi connectivity index (χ0n) is 9.77. The first-order chi connectivity index (χ1) is 8.93. The van der Waals surface area contributed by atoms with E-state index in [0.717, 1.165) is 0 Å². The molecule has 82 valence electrons. The lowest BCUT2D eigenvalue weighted by molar-refractivity contribution is 1.49. The summed E-state index contributed by atoms with van der Waals surface area (Å²) in [7, 11) is 0. The molecule has 0 unspecified atom stereocenters. The fourth-order valence-electron chi connectivity index (χ4n) is 3.41. The van der Waals surface area contributed by atoms with Crippen LogP contribution in [0.25, 0.3) is 22.9 Å². The maximum absolute atomic E-state index is 2.27. The van der Waals surface area contributed by atoms with Gasteiger partial charge in [0, 0.05) is 0 Å². The highest BCUT2D eigenvalue weighted by Gasteiger charge is 2.09. The summed E-state index contributed by atoms with van der Waals surface area (Å²) in [6, 6.07) is 17.8. The predicted molar refractivity (Wildman–Crippen MR) is 73.9 cm³/mol. The number of hydrogen-bond acceptors (Lipinski definition) is 0. The molecule has 0 aliphatic heterocycles. The van der Waals surface area contributed by atoms with Gasteiger partial charge in [-0.3, -0.25) is 0 Å². The Hall–Kier alpha value is -2.34. The van der Waals surface area contributed by atoms with E-state index in [1.54, 1.807) is 0 Å². The Labute approximate surface area is 103 Å². The second-order valence-corrected chi connectivity index (χ2v) is 5.03. The lowest BCUT2D eigenvalue weighted by Gasteiger charge is -1.97. The summed E-state index contributed by atoms with van der Waals surface area (Å²) in [6.07, 6.45) is 4.45. The average Bonchev–Trinajstić information content (AvgIpc) is 2.97. The predicted octanol–water partition coefficient (Wildman–Crippen LogP) is 2.30. The van der Waals surface area contributed by atoms with Gasteiger partial charge in [0.2, 0.25) is 0 Å². The molecule has 0 saturated heterocycles. The molecule has 3 aromatic carbocycles. The van der Waals surface area contributed by atoms with Gasteiger partial charge >= 0.3 is 0 Å². The van der Waals surface area contributed by atoms with Crippen molar-refractivity contribution in [3.8, 4) is 0 Å². The molecule has 0 bridgehead atoms. The highest BCUT2D eigenvalue weighted by atomic mass is 14.1. The first-order valence-electron chi connectivity index (χ1n) is 6.31. The second-order valence-electron chi connectivity index (χ2n) is 5.03. The Balaban J connectivity index is 2.44. The van der Waals surface area contributed by atoms with Crippen molar-refractivity contribution in [1.29, 1.82) is 0 Å². The maximum Gasteiger partial charge on any atom is -0.00143 e. The third-order valence-electron chi connectivity index (χ3n) is 4.17. The van der Waals surface area contributed by atoms with Crippen molar-refractivity contribution in [2.45, 2.75) is 0 Å². The highest BCUT2D eigenvalue weighted by Crippen LogP contribution is 2.19. The quantitative estimate of drug-likeness (QED) is 0.431. The largest absolute Gasteiger partial charge is 0.0616 e. The first-order valence-corrected chi connectivity index (χ1v) is 6.31. The SMILES string of the molecule is C1=c2ccc3c4c(ccc(c24)=C1)=c1ccccc1=3. The molecule has 0 aromatic heterocycles. The van der Waals surface area contributed by atoms with Crippen molar-refractivity contribution < 1.29 is 0 Å². The zero-order chi connectivity index (χ0) is 11.7. The molecular weight excluding hydrogens is 216 g/mol. The lowest BCUT2D eigenvalue weighted by Crippen LogP contribution is -2.07. The summed E-state index contributed by atoms with van der Waals surface area (Å²) >= 11 is 0. The minimum absolute atomic E-state index is 1.36. The Kier molecular flexibility index (Phi) is 1.32. The van der Waals surface area contributed by atoms with Gasteiger partial charge in [0.1, 0.15) is 0 Å². The number of benzene rings is 3. The van der Waals surface area contributed by atoms with Crippen LogP contribution in [-0.2, 0) is 0 Å². The van der Waals surface area contributed by atoms with Crippen LogP contribution in [0.3, 0.4) is 0 Å². The van der Waals surface area contributed by atoms with E-state index in [9.17, 15) is 0 Å². The molecule has 0 amide bonds. The van der Waals surface area contributed by atoms with E-state index < -0.39 is 0 Å². The summed E-state index contributed by atoms with van der Waals surface area (Å²) in [6.45, 7) is 0. The van der Waals surface area contributed by atoms with Gasteiger partial charge in [0.15, 0.2) is 0 Å². The molecule has 0 heteroatoms. The van der Waals surface area contributed by atoms with E-state index in [-0.39, 0.29) is 0 Å². The second kappa shape index (κ2) is 2.73. The molecule has 0 N–H and O–H groups in total. The van der Waals surface area contributed by atoms with Gasteiger partial charge < -0.3 is 0 Å². The van der Waals surface area contributed by atoms with Crippen molar-refractivity contribution in [3.05, 3.63) is 79.8 Å². The third-order valence-corrected chi connectivity index (χ3v) is 4.17. The molecule has 18 heavy (non-hydrogen) atoms. The van der Waals surface area contributed by atoms with Crippen molar-refractivity contribution >= 4 is 22.9 Å². The Morgan fingerprint density at radius 2 is 1.00 bits per heavy atom. The van der Waals surface area contributed by atoms with Crippen molar-refractivity contribution in [1.82, 2.24) is 0 Å². The van der Waals surface area contributed by atoms with Gasteiger partial charge in [0.25, 0.3) is 0 Å². The molecule has 0 radical (unpaired) electrons. The van der Waals surface area contributed by atoms with E-state index >= 15 is 0 Å². The van der Waals surface area contributed by atoms with Crippen LogP contribution in [0, 0.1) is 20.9 Å². The van der Waals surface area contributed by atoms with E-state index in [4.69, 9.17) is 0 Å². The van der Waals surface area contributed by atoms with Gasteiger partial charge in [0.05, 0.1) is 0 Å². The smallest absolute Gasteiger partial charge is 0.00143 e. The number of fused-ring (bicyclic) bond motifs is 1. The van der Waals surface area contributed by atoms with Crippen LogP contribution in [-0.4, -0.2) is 0 Å². The summed E-state index contributed by atoms with van der Waals surface area (Å²) in [5.41, 5.74) is 0. The zero-order valence-corrected chi connectivity index (χ0v) is 9.77. The fourth-order valence-corrected chi connectivity index (χ4v) is 3.41. The lowest BCUT2D eigenvalue weighted by atomic mass is 10.1. The number of rotatable bonds is 0. The molecule has 5 rings (SSSR count). The minimum Gasteiger partial charge on any atom is -0.0616 e. The normalized spacial score (nSPS) is 13.3. The fraction of sp³-hybridized carbons (Fsp3) is 0. The van der Waals surface area contributed by atoms with Gasteiger partial charge in [-0.25, -0.2) is 0 Å². The standard InChI is InChI=1S/C18H10/c1-2-4-14-13(3-1)15-9-7-11-5-6-12-8-10-16(14)18(15)17(11)12/h1-10H. The van der Waals surface area contributed by atoms with Crippen LogP contribution in [0.5, 0.6) is 0 Å². The van der Waals surface area contributed by atoms with E-state index in [1.807, 2.05) is 0 Å². The van der Waals surface area contributed by atoms with Gasteiger partial charge in [-0.2, -0.15) is 0 Å². The van der Waals surface area contributed by atoms with E-state index in [0.29, 0.717) is 0 Å². The first kappa shape index (κ1) is 8.71. The number of hydrogen-bond donors (Lipinski definition) is 0. The van der Waals surface area contributed by atoms with Crippen LogP contribution in [0.1, 0.15) is 0 Å². The monoisotopic (exact) mass is 226 g/mol. The van der Waals surface area contributed by atoms with Crippen LogP contribution < -0.4 is 10.4 Å². The summed E-state index contributed by atoms with van der Waals surface area (Å²) < 4.78 is 0. The van der Waals surface area contributed by atoms with E-state index in [1.165, 1.54) is 42.1 Å². The van der Waals surface area contributed by atoms with Gasteiger partial charge in [-0.15, -0.1) is 0 Å².